The minimum absolute atomic E-state index is 0.00970. The summed E-state index contributed by atoms with van der Waals surface area (Å²) in [7, 11) is 1.52. The number of tetrazole rings is 1. The van der Waals surface area contributed by atoms with Gasteiger partial charge in [0.15, 0.2) is 5.78 Å². The fourth-order valence-electron chi connectivity index (χ4n) is 2.44. The second-order valence-corrected chi connectivity index (χ2v) is 5.78. The molecule has 27 heavy (non-hydrogen) atoms. The number of rotatable bonds is 5. The second kappa shape index (κ2) is 7.18. The maximum absolute atomic E-state index is 12.8. The van der Waals surface area contributed by atoms with Crippen LogP contribution < -0.4 is 4.74 Å². The molecule has 0 aliphatic rings. The third-order valence-corrected chi connectivity index (χ3v) is 3.98. The number of carbonyl (C=O) groups is 1. The number of nitrogens with zero attached hydrogens (tertiary/aromatic N) is 4. The third kappa shape index (κ3) is 3.97. The first-order chi connectivity index (χ1) is 12.8. The lowest BCUT2D eigenvalue weighted by molar-refractivity contribution is -0.137. The van der Waals surface area contributed by atoms with E-state index in [4.69, 9.17) is 4.74 Å². The molecule has 0 spiro atoms. The molecule has 9 heteroatoms. The molecule has 3 aromatic rings. The van der Waals surface area contributed by atoms with Crippen molar-refractivity contribution >= 4 is 5.78 Å². The average Bonchev–Trinajstić information content (AvgIpc) is 3.16. The first-order valence-corrected chi connectivity index (χ1v) is 7.95. The van der Waals surface area contributed by atoms with Gasteiger partial charge in [0.1, 0.15) is 11.8 Å². The standard InChI is InChI=1S/C18H15F3N4O2/c1-11(16(26)12-6-8-15(27-2)9-7-12)25-23-17(22-24-25)13-4-3-5-14(10-13)18(19,20)21/h3-11H,1-2H3. The van der Waals surface area contributed by atoms with Gasteiger partial charge in [-0.3, -0.25) is 4.79 Å². The van der Waals surface area contributed by atoms with Crippen molar-refractivity contribution in [3.05, 3.63) is 59.7 Å². The predicted molar refractivity (Wildman–Crippen MR) is 90.3 cm³/mol. The summed E-state index contributed by atoms with van der Waals surface area (Å²) in [4.78, 5) is 13.6. The van der Waals surface area contributed by atoms with Crippen LogP contribution in [0, 0.1) is 0 Å². The van der Waals surface area contributed by atoms with Crippen molar-refractivity contribution in [2.24, 2.45) is 0 Å². The Morgan fingerprint density at radius 3 is 2.48 bits per heavy atom. The van der Waals surface area contributed by atoms with Crippen LogP contribution in [0.3, 0.4) is 0 Å². The third-order valence-electron chi connectivity index (χ3n) is 3.98. The highest BCUT2D eigenvalue weighted by Gasteiger charge is 2.31. The van der Waals surface area contributed by atoms with Crippen LogP contribution in [0.1, 0.15) is 28.9 Å². The summed E-state index contributed by atoms with van der Waals surface area (Å²) in [5.41, 5.74) is -0.208. The largest absolute Gasteiger partial charge is 0.497 e. The van der Waals surface area contributed by atoms with Crippen LogP contribution in [-0.2, 0) is 6.18 Å². The number of benzene rings is 2. The molecule has 3 rings (SSSR count). The van der Waals surface area contributed by atoms with E-state index in [0.29, 0.717) is 11.3 Å². The minimum Gasteiger partial charge on any atom is -0.497 e. The van der Waals surface area contributed by atoms with Gasteiger partial charge in [-0.25, -0.2) is 0 Å². The number of hydrogen-bond acceptors (Lipinski definition) is 5. The maximum atomic E-state index is 12.8. The van der Waals surface area contributed by atoms with Gasteiger partial charge in [0.05, 0.1) is 12.7 Å². The van der Waals surface area contributed by atoms with E-state index in [1.807, 2.05) is 0 Å². The van der Waals surface area contributed by atoms with Gasteiger partial charge in [-0.1, -0.05) is 12.1 Å². The van der Waals surface area contributed by atoms with Gasteiger partial charge in [0.2, 0.25) is 5.82 Å². The zero-order valence-electron chi connectivity index (χ0n) is 14.4. The van der Waals surface area contributed by atoms with Crippen molar-refractivity contribution in [3.63, 3.8) is 0 Å². The Bertz CT molecular complexity index is 952. The summed E-state index contributed by atoms with van der Waals surface area (Å²) in [6.07, 6.45) is -4.47. The summed E-state index contributed by atoms with van der Waals surface area (Å²) in [5, 5.41) is 11.7. The van der Waals surface area contributed by atoms with Gasteiger partial charge in [0.25, 0.3) is 0 Å². The van der Waals surface area contributed by atoms with Gasteiger partial charge in [-0.05, 0) is 48.5 Å². The molecule has 6 nitrogen and oxygen atoms in total. The van der Waals surface area contributed by atoms with Crippen LogP contribution in [-0.4, -0.2) is 33.1 Å². The minimum atomic E-state index is -4.47. The smallest absolute Gasteiger partial charge is 0.416 e. The molecule has 0 fully saturated rings. The molecule has 1 unspecified atom stereocenters. The van der Waals surface area contributed by atoms with Crippen molar-refractivity contribution in [2.45, 2.75) is 19.1 Å². The molecule has 0 aliphatic heterocycles. The first-order valence-electron chi connectivity index (χ1n) is 7.95. The lowest BCUT2D eigenvalue weighted by atomic mass is 10.1. The number of hydrogen-bond donors (Lipinski definition) is 0. The molecule has 0 N–H and O–H groups in total. The van der Waals surface area contributed by atoms with Gasteiger partial charge in [0, 0.05) is 11.1 Å². The molecule has 0 saturated heterocycles. The highest BCUT2D eigenvalue weighted by atomic mass is 19.4. The second-order valence-electron chi connectivity index (χ2n) is 5.78. The molecular weight excluding hydrogens is 361 g/mol. The normalized spacial score (nSPS) is 12.6. The number of methoxy groups -OCH3 is 1. The van der Waals surface area contributed by atoms with Crippen LogP contribution >= 0.6 is 0 Å². The van der Waals surface area contributed by atoms with E-state index in [9.17, 15) is 18.0 Å². The Hall–Kier alpha value is -3.23. The van der Waals surface area contributed by atoms with E-state index in [-0.39, 0.29) is 17.2 Å². The Kier molecular flexibility index (Phi) is 4.93. The first kappa shape index (κ1) is 18.6. The summed E-state index contributed by atoms with van der Waals surface area (Å²) < 4.78 is 43.6. The molecule has 0 aliphatic carbocycles. The zero-order chi connectivity index (χ0) is 19.6. The number of alkyl halides is 3. The Labute approximate surface area is 152 Å². The quantitative estimate of drug-likeness (QED) is 0.634. The number of Topliss-reactive ketones (excluding diaryl/α,β-unsaturated/α-hetero) is 1. The molecule has 1 atom stereocenters. The molecule has 1 heterocycles. The van der Waals surface area contributed by atoms with Crippen molar-refractivity contribution in [3.8, 4) is 17.1 Å². The summed E-state index contributed by atoms with van der Waals surface area (Å²) in [6.45, 7) is 1.59. The number of carbonyl (C=O) groups excluding carboxylic acids is 1. The zero-order valence-corrected chi connectivity index (χ0v) is 14.4. The van der Waals surface area contributed by atoms with Crippen LogP contribution in [0.2, 0.25) is 0 Å². The lowest BCUT2D eigenvalue weighted by Gasteiger charge is -2.09. The number of aromatic nitrogens is 4. The van der Waals surface area contributed by atoms with Crippen molar-refractivity contribution in [1.82, 2.24) is 20.2 Å². The molecule has 1 aromatic heterocycles. The summed E-state index contributed by atoms with van der Waals surface area (Å²) in [5.74, 6) is 0.367. The van der Waals surface area contributed by atoms with E-state index in [2.05, 4.69) is 15.4 Å². The highest BCUT2D eigenvalue weighted by Crippen LogP contribution is 2.31. The fourth-order valence-corrected chi connectivity index (χ4v) is 2.44. The maximum Gasteiger partial charge on any atom is 0.416 e. The van der Waals surface area contributed by atoms with Crippen LogP contribution in [0.5, 0.6) is 5.75 Å². The van der Waals surface area contributed by atoms with Gasteiger partial charge < -0.3 is 4.74 Å². The predicted octanol–water partition coefficient (Wildman–Crippen LogP) is 3.81. The Balaban J connectivity index is 1.83. The van der Waals surface area contributed by atoms with Crippen LogP contribution in [0.15, 0.2) is 48.5 Å². The average molecular weight is 376 g/mol. The van der Waals surface area contributed by atoms with Gasteiger partial charge in [-0.2, -0.15) is 18.0 Å². The molecule has 140 valence electrons. The highest BCUT2D eigenvalue weighted by molar-refractivity contribution is 5.98. The molecule has 0 amide bonds. The van der Waals surface area contributed by atoms with Crippen LogP contribution in [0.25, 0.3) is 11.4 Å². The van der Waals surface area contributed by atoms with E-state index >= 15 is 0 Å². The molecule has 2 aromatic carbocycles. The van der Waals surface area contributed by atoms with E-state index in [0.717, 1.165) is 16.9 Å². The fraction of sp³-hybridized carbons (Fsp3) is 0.222. The van der Waals surface area contributed by atoms with Crippen LogP contribution in [0.4, 0.5) is 13.2 Å². The topological polar surface area (TPSA) is 69.9 Å². The molecule has 0 radical (unpaired) electrons. The van der Waals surface area contributed by atoms with Crippen molar-refractivity contribution in [2.75, 3.05) is 7.11 Å². The summed E-state index contributed by atoms with van der Waals surface area (Å²) in [6, 6.07) is 10.4. The molecule has 0 bridgehead atoms. The van der Waals surface area contributed by atoms with E-state index in [1.165, 1.54) is 19.2 Å². The molecular formula is C18H15F3N4O2. The van der Waals surface area contributed by atoms with E-state index < -0.39 is 17.8 Å². The van der Waals surface area contributed by atoms with Gasteiger partial charge in [-0.15, -0.1) is 10.2 Å². The Morgan fingerprint density at radius 1 is 1.15 bits per heavy atom. The van der Waals surface area contributed by atoms with E-state index in [1.54, 1.807) is 31.2 Å². The molecule has 0 saturated carbocycles. The Morgan fingerprint density at radius 2 is 1.85 bits per heavy atom. The monoisotopic (exact) mass is 376 g/mol. The van der Waals surface area contributed by atoms with Crippen molar-refractivity contribution in [1.29, 1.82) is 0 Å². The number of ketones is 1. The summed E-state index contributed by atoms with van der Waals surface area (Å²) >= 11 is 0. The van der Waals surface area contributed by atoms with Crippen molar-refractivity contribution < 1.29 is 22.7 Å². The number of ether oxygens (including phenoxy) is 1. The van der Waals surface area contributed by atoms with Gasteiger partial charge >= 0.3 is 6.18 Å². The lowest BCUT2D eigenvalue weighted by Crippen LogP contribution is -2.19. The number of halogens is 3. The SMILES string of the molecule is COc1ccc(C(=O)C(C)n2nnc(-c3cccc(C(F)(F)F)c3)n2)cc1.